The number of carbonyl (C=O) groups excluding carboxylic acids is 1. The molecule has 0 N–H and O–H groups in total. The van der Waals surface area contributed by atoms with Gasteiger partial charge in [-0.3, -0.25) is 4.79 Å². The molecule has 0 aromatic heterocycles. The number of amides is 1. The highest BCUT2D eigenvalue weighted by molar-refractivity contribution is 7.92. The van der Waals surface area contributed by atoms with Gasteiger partial charge in [-0.05, 0) is 74.2 Å². The molecule has 2 aliphatic rings. The van der Waals surface area contributed by atoms with Crippen LogP contribution >= 0.6 is 12.4 Å². The maximum Gasteiger partial charge on any atom is 0.501 e. The number of sulfone groups is 1. The minimum atomic E-state index is -5.37. The van der Waals surface area contributed by atoms with Gasteiger partial charge in [0.15, 0.2) is 0 Å². The fraction of sp³-hybridized carbons (Fsp3) is 0.435. The van der Waals surface area contributed by atoms with Crippen LogP contribution in [0, 0.1) is 0 Å². The summed E-state index contributed by atoms with van der Waals surface area (Å²) in [7, 11) is -5.37. The Labute approximate surface area is 197 Å². The van der Waals surface area contributed by atoms with Crippen LogP contribution < -0.4 is 0 Å². The third-order valence-corrected chi connectivity index (χ3v) is 7.74. The van der Waals surface area contributed by atoms with Crippen molar-refractivity contribution in [2.45, 2.75) is 42.1 Å². The van der Waals surface area contributed by atoms with Gasteiger partial charge in [0.05, 0.1) is 4.90 Å². The molecule has 2 aliphatic heterocycles. The molecule has 4 rings (SSSR count). The second-order valence-electron chi connectivity index (χ2n) is 8.35. The zero-order chi connectivity index (χ0) is 22.9. The topological polar surface area (TPSA) is 57.7 Å². The number of hydrogen-bond donors (Lipinski definition) is 0. The molecule has 180 valence electrons. The quantitative estimate of drug-likeness (QED) is 0.591. The van der Waals surface area contributed by atoms with E-state index in [1.54, 1.807) is 24.3 Å². The van der Waals surface area contributed by atoms with Gasteiger partial charge in [-0.2, -0.15) is 13.2 Å². The predicted octanol–water partition coefficient (Wildman–Crippen LogP) is 4.77. The second kappa shape index (κ2) is 10.0. The van der Waals surface area contributed by atoms with Gasteiger partial charge in [-0.15, -0.1) is 12.4 Å². The molecule has 0 aliphatic carbocycles. The highest BCUT2D eigenvalue weighted by Crippen LogP contribution is 2.31. The summed E-state index contributed by atoms with van der Waals surface area (Å²) in [6.07, 6.45) is 4.43. The summed E-state index contributed by atoms with van der Waals surface area (Å²) in [5.41, 5.74) is -3.51. The fourth-order valence-electron chi connectivity index (χ4n) is 4.49. The van der Waals surface area contributed by atoms with Crippen LogP contribution in [0.3, 0.4) is 0 Å². The van der Waals surface area contributed by atoms with Gasteiger partial charge in [0, 0.05) is 24.7 Å². The molecule has 0 radical (unpaired) electrons. The van der Waals surface area contributed by atoms with Gasteiger partial charge in [0.2, 0.25) is 0 Å². The fourth-order valence-corrected chi connectivity index (χ4v) is 5.25. The maximum absolute atomic E-state index is 13.1. The number of carbonyl (C=O) groups is 1. The number of halogens is 4. The molecule has 10 heteroatoms. The summed E-state index contributed by atoms with van der Waals surface area (Å²) < 4.78 is 61.1. The highest BCUT2D eigenvalue weighted by Gasteiger charge is 2.46. The van der Waals surface area contributed by atoms with E-state index in [0.717, 1.165) is 51.2 Å². The van der Waals surface area contributed by atoms with Crippen molar-refractivity contribution in [1.82, 2.24) is 9.80 Å². The lowest BCUT2D eigenvalue weighted by molar-refractivity contribution is -0.0436. The lowest BCUT2D eigenvalue weighted by Gasteiger charge is -2.28. The van der Waals surface area contributed by atoms with Gasteiger partial charge < -0.3 is 9.80 Å². The zero-order valence-electron chi connectivity index (χ0n) is 17.9. The molecular weight excluding hydrogens is 477 g/mol. The Morgan fingerprint density at radius 3 is 1.97 bits per heavy atom. The first-order valence-electron chi connectivity index (χ1n) is 10.7. The number of hydrogen-bond acceptors (Lipinski definition) is 4. The Kier molecular flexibility index (Phi) is 7.76. The molecule has 2 fully saturated rings. The summed E-state index contributed by atoms with van der Waals surface area (Å²) in [5, 5.41) is 0. The summed E-state index contributed by atoms with van der Waals surface area (Å²) in [6.45, 7) is 3.85. The number of alkyl halides is 3. The van der Waals surface area contributed by atoms with E-state index >= 15 is 0 Å². The van der Waals surface area contributed by atoms with Gasteiger partial charge in [-0.25, -0.2) is 8.42 Å². The van der Waals surface area contributed by atoms with E-state index in [2.05, 4.69) is 4.90 Å². The summed E-state index contributed by atoms with van der Waals surface area (Å²) >= 11 is 0. The van der Waals surface area contributed by atoms with Crippen molar-refractivity contribution in [3.05, 3.63) is 54.1 Å². The van der Waals surface area contributed by atoms with Gasteiger partial charge >= 0.3 is 5.51 Å². The van der Waals surface area contributed by atoms with Crippen molar-refractivity contribution in [1.29, 1.82) is 0 Å². The van der Waals surface area contributed by atoms with Gasteiger partial charge in [0.25, 0.3) is 15.7 Å². The maximum atomic E-state index is 13.1. The third kappa shape index (κ3) is 5.36. The van der Waals surface area contributed by atoms with Gasteiger partial charge in [0.1, 0.15) is 0 Å². The number of benzene rings is 2. The minimum Gasteiger partial charge on any atom is -0.334 e. The number of rotatable bonds is 5. The summed E-state index contributed by atoms with van der Waals surface area (Å²) in [6, 6.07) is 11.7. The lowest BCUT2D eigenvalue weighted by atomic mass is 10.0. The standard InChI is InChI=1S/C23H25F3N2O3S.ClH/c24-23(25,26)32(30,31)21-11-9-18(10-12-21)17-5-7-19(8-6-17)22(29)28-15-3-4-20(28)16-27-13-1-2-14-27;/h5-12,20H,1-4,13-16H2;1H. The monoisotopic (exact) mass is 502 g/mol. The Balaban J connectivity index is 0.00000306. The van der Waals surface area contributed by atoms with E-state index in [-0.39, 0.29) is 24.4 Å². The van der Waals surface area contributed by atoms with Crippen LogP contribution in [-0.4, -0.2) is 61.9 Å². The van der Waals surface area contributed by atoms with E-state index < -0.39 is 20.2 Å². The van der Waals surface area contributed by atoms with Crippen LogP contribution in [-0.2, 0) is 9.84 Å². The Morgan fingerprint density at radius 1 is 0.879 bits per heavy atom. The molecule has 2 aromatic rings. The van der Waals surface area contributed by atoms with Crippen LogP contribution in [0.5, 0.6) is 0 Å². The first kappa shape index (κ1) is 25.5. The molecule has 0 bridgehead atoms. The van der Waals surface area contributed by atoms with Crippen molar-refractivity contribution in [2.75, 3.05) is 26.2 Å². The predicted molar refractivity (Wildman–Crippen MR) is 122 cm³/mol. The van der Waals surface area contributed by atoms with Crippen molar-refractivity contribution in [2.24, 2.45) is 0 Å². The average Bonchev–Trinajstić information content (AvgIpc) is 3.45. The number of likely N-dealkylation sites (tertiary alicyclic amines) is 2. The molecule has 0 saturated carbocycles. The smallest absolute Gasteiger partial charge is 0.334 e. The average molecular weight is 503 g/mol. The lowest BCUT2D eigenvalue weighted by Crippen LogP contribution is -2.42. The zero-order valence-corrected chi connectivity index (χ0v) is 19.6. The molecule has 2 saturated heterocycles. The minimum absolute atomic E-state index is 0. The van der Waals surface area contributed by atoms with Crippen LogP contribution in [0.1, 0.15) is 36.0 Å². The Hall–Kier alpha value is -2.10. The van der Waals surface area contributed by atoms with E-state index in [4.69, 9.17) is 0 Å². The van der Waals surface area contributed by atoms with Crippen LogP contribution in [0.4, 0.5) is 13.2 Å². The van der Waals surface area contributed by atoms with Crippen molar-refractivity contribution in [3.8, 4) is 11.1 Å². The summed E-state index contributed by atoms with van der Waals surface area (Å²) in [4.78, 5) is 16.6. The van der Waals surface area contributed by atoms with Crippen molar-refractivity contribution in [3.63, 3.8) is 0 Å². The SMILES string of the molecule is Cl.O=C(c1ccc(-c2ccc(S(=O)(=O)C(F)(F)F)cc2)cc1)N1CCCC1CN1CCCC1. The molecule has 0 spiro atoms. The van der Waals surface area contributed by atoms with Crippen LogP contribution in [0.2, 0.25) is 0 Å². The highest BCUT2D eigenvalue weighted by atomic mass is 35.5. The van der Waals surface area contributed by atoms with Gasteiger partial charge in [-0.1, -0.05) is 24.3 Å². The molecule has 1 atom stereocenters. The molecule has 1 amide bonds. The molecule has 2 aromatic carbocycles. The molecule has 1 unspecified atom stereocenters. The Morgan fingerprint density at radius 2 is 1.42 bits per heavy atom. The van der Waals surface area contributed by atoms with E-state index in [1.807, 2.05) is 4.90 Å². The molecule has 33 heavy (non-hydrogen) atoms. The molecular formula is C23H26ClF3N2O3S. The summed E-state index contributed by atoms with van der Waals surface area (Å²) in [5.74, 6) is -0.00938. The first-order chi connectivity index (χ1) is 15.2. The molecule has 2 heterocycles. The van der Waals surface area contributed by atoms with E-state index in [9.17, 15) is 26.4 Å². The van der Waals surface area contributed by atoms with E-state index in [0.29, 0.717) is 16.7 Å². The van der Waals surface area contributed by atoms with E-state index in [1.165, 1.54) is 25.0 Å². The Bertz CT molecular complexity index is 1070. The number of nitrogens with zero attached hydrogens (tertiary/aromatic N) is 2. The largest absolute Gasteiger partial charge is 0.501 e. The van der Waals surface area contributed by atoms with Crippen LogP contribution in [0.15, 0.2) is 53.4 Å². The van der Waals surface area contributed by atoms with Crippen LogP contribution in [0.25, 0.3) is 11.1 Å². The third-order valence-electron chi connectivity index (χ3n) is 6.24. The first-order valence-corrected chi connectivity index (χ1v) is 12.2. The second-order valence-corrected chi connectivity index (χ2v) is 10.3. The molecule has 5 nitrogen and oxygen atoms in total. The normalized spacial score (nSPS) is 19.5. The van der Waals surface area contributed by atoms with Crippen molar-refractivity contribution < 1.29 is 26.4 Å². The van der Waals surface area contributed by atoms with Crippen molar-refractivity contribution >= 4 is 28.2 Å².